The van der Waals surface area contributed by atoms with Crippen LogP contribution in [0, 0.1) is 11.3 Å². The molecule has 6 nitrogen and oxygen atoms in total. The molecule has 1 aromatic rings. The number of carboxylic acids is 1. The average molecular weight is 302 g/mol. The molecule has 1 aliphatic rings. The minimum absolute atomic E-state index is 0.0483. The highest BCUT2D eigenvalue weighted by molar-refractivity contribution is 6.04. The van der Waals surface area contributed by atoms with E-state index in [1.807, 2.05) is 13.0 Å². The highest BCUT2D eigenvalue weighted by Gasteiger charge is 2.47. The van der Waals surface area contributed by atoms with Gasteiger partial charge in [0.15, 0.2) is 0 Å². The van der Waals surface area contributed by atoms with Crippen molar-refractivity contribution in [2.75, 3.05) is 13.2 Å². The van der Waals surface area contributed by atoms with E-state index in [1.54, 1.807) is 24.3 Å². The van der Waals surface area contributed by atoms with Crippen LogP contribution < -0.4 is 0 Å². The Bertz CT molecular complexity index is 621. The molecule has 1 aromatic carbocycles. The molecule has 0 fully saturated rings. The van der Waals surface area contributed by atoms with Crippen LogP contribution in [0.25, 0.3) is 0 Å². The molecule has 0 amide bonds. The normalized spacial score (nSPS) is 20.1. The Morgan fingerprint density at radius 2 is 2.41 bits per heavy atom. The molecule has 0 saturated heterocycles. The second kappa shape index (κ2) is 7.05. The summed E-state index contributed by atoms with van der Waals surface area (Å²) in [6, 6.07) is 8.90. The van der Waals surface area contributed by atoms with Crippen LogP contribution in [0.1, 0.15) is 37.3 Å². The van der Waals surface area contributed by atoms with E-state index in [0.29, 0.717) is 23.4 Å². The fourth-order valence-corrected chi connectivity index (χ4v) is 2.14. The Hall–Kier alpha value is -2.39. The Kier molecular flexibility index (Phi) is 5.12. The number of benzene rings is 1. The van der Waals surface area contributed by atoms with Crippen molar-refractivity contribution < 1.29 is 19.5 Å². The Labute approximate surface area is 128 Å². The molecular formula is C16H18N2O4. The summed E-state index contributed by atoms with van der Waals surface area (Å²) in [5.41, 5.74) is 0.215. The molecule has 22 heavy (non-hydrogen) atoms. The summed E-state index contributed by atoms with van der Waals surface area (Å²) in [6.07, 6.45) is 1.96. The Morgan fingerprint density at radius 3 is 3.09 bits per heavy atom. The van der Waals surface area contributed by atoms with Crippen LogP contribution in [-0.2, 0) is 14.4 Å². The molecule has 1 heterocycles. The van der Waals surface area contributed by atoms with Gasteiger partial charge in [0, 0.05) is 18.6 Å². The van der Waals surface area contributed by atoms with Crippen molar-refractivity contribution in [3.63, 3.8) is 0 Å². The second-order valence-electron chi connectivity index (χ2n) is 5.20. The Balaban J connectivity index is 2.09. The monoisotopic (exact) mass is 302 g/mol. The zero-order valence-electron chi connectivity index (χ0n) is 12.4. The molecule has 1 atom stereocenters. The van der Waals surface area contributed by atoms with E-state index >= 15 is 0 Å². The number of carbonyl (C=O) groups is 1. The van der Waals surface area contributed by atoms with E-state index in [4.69, 9.17) is 14.8 Å². The minimum atomic E-state index is -1.48. The largest absolute Gasteiger partial charge is 0.478 e. The van der Waals surface area contributed by atoms with Crippen molar-refractivity contribution >= 4 is 11.7 Å². The molecule has 0 radical (unpaired) electrons. The molecule has 1 N–H and O–H groups in total. The van der Waals surface area contributed by atoms with E-state index in [-0.39, 0.29) is 13.0 Å². The topological polar surface area (TPSA) is 91.9 Å². The fraction of sp³-hybridized carbons (Fsp3) is 0.438. The van der Waals surface area contributed by atoms with E-state index in [1.165, 1.54) is 0 Å². The lowest BCUT2D eigenvalue weighted by atomic mass is 9.94. The van der Waals surface area contributed by atoms with Crippen LogP contribution in [0.2, 0.25) is 0 Å². The van der Waals surface area contributed by atoms with Crippen molar-refractivity contribution in [1.29, 1.82) is 5.26 Å². The zero-order valence-corrected chi connectivity index (χ0v) is 12.4. The quantitative estimate of drug-likeness (QED) is 0.780. The number of oxime groups is 1. The molecule has 6 heteroatoms. The maximum Gasteiger partial charge on any atom is 0.353 e. The number of carboxylic acid groups (broad SMARTS) is 1. The highest BCUT2D eigenvalue weighted by Crippen LogP contribution is 2.28. The summed E-state index contributed by atoms with van der Waals surface area (Å²) in [6.45, 7) is 2.48. The predicted octanol–water partition coefficient (Wildman–Crippen LogP) is 2.32. The molecule has 0 bridgehead atoms. The smallest absolute Gasteiger partial charge is 0.353 e. The van der Waals surface area contributed by atoms with Gasteiger partial charge in [-0.05, 0) is 18.6 Å². The number of nitriles is 1. The van der Waals surface area contributed by atoms with Crippen LogP contribution in [-0.4, -0.2) is 35.6 Å². The van der Waals surface area contributed by atoms with Gasteiger partial charge in [0.05, 0.1) is 17.3 Å². The summed E-state index contributed by atoms with van der Waals surface area (Å²) in [7, 11) is 0. The predicted molar refractivity (Wildman–Crippen MR) is 79.5 cm³/mol. The number of unbranched alkanes of at least 4 members (excludes halogenated alkanes) is 1. The van der Waals surface area contributed by atoms with Crippen LogP contribution in [0.15, 0.2) is 29.4 Å². The lowest BCUT2D eigenvalue weighted by Gasteiger charge is -2.21. The SMILES string of the molecule is CCCCOCC1(C(=O)O)CC(c2cccc(C#N)c2)=NO1. The van der Waals surface area contributed by atoms with E-state index in [9.17, 15) is 9.90 Å². The maximum atomic E-state index is 11.6. The first kappa shape index (κ1) is 16.0. The van der Waals surface area contributed by atoms with Gasteiger partial charge in [0.2, 0.25) is 0 Å². The van der Waals surface area contributed by atoms with Gasteiger partial charge in [0.25, 0.3) is 5.60 Å². The molecule has 0 aromatic heterocycles. The lowest BCUT2D eigenvalue weighted by molar-refractivity contribution is -0.170. The fourth-order valence-electron chi connectivity index (χ4n) is 2.14. The second-order valence-corrected chi connectivity index (χ2v) is 5.20. The molecule has 0 spiro atoms. The first-order valence-corrected chi connectivity index (χ1v) is 7.18. The molecule has 0 aliphatic carbocycles. The average Bonchev–Trinajstić information content (AvgIpc) is 2.98. The number of rotatable bonds is 7. The van der Waals surface area contributed by atoms with Crippen LogP contribution in [0.3, 0.4) is 0 Å². The number of hydrogen-bond acceptors (Lipinski definition) is 5. The van der Waals surface area contributed by atoms with Crippen LogP contribution >= 0.6 is 0 Å². The summed E-state index contributed by atoms with van der Waals surface area (Å²) in [5, 5.41) is 22.3. The van der Waals surface area contributed by atoms with Gasteiger partial charge >= 0.3 is 5.97 Å². The van der Waals surface area contributed by atoms with Crippen molar-refractivity contribution in [3.05, 3.63) is 35.4 Å². The van der Waals surface area contributed by atoms with Crippen molar-refractivity contribution in [2.24, 2.45) is 5.16 Å². The molecule has 0 saturated carbocycles. The van der Waals surface area contributed by atoms with Gasteiger partial charge in [-0.25, -0.2) is 4.79 Å². The molecule has 2 rings (SSSR count). The van der Waals surface area contributed by atoms with E-state index in [0.717, 1.165) is 12.8 Å². The first-order valence-electron chi connectivity index (χ1n) is 7.18. The van der Waals surface area contributed by atoms with Gasteiger partial charge in [-0.15, -0.1) is 0 Å². The number of hydrogen-bond donors (Lipinski definition) is 1. The molecule has 1 aliphatic heterocycles. The number of ether oxygens (including phenoxy) is 1. The maximum absolute atomic E-state index is 11.6. The van der Waals surface area contributed by atoms with Crippen molar-refractivity contribution in [1.82, 2.24) is 0 Å². The van der Waals surface area contributed by atoms with Gasteiger partial charge < -0.3 is 14.7 Å². The van der Waals surface area contributed by atoms with Crippen LogP contribution in [0.5, 0.6) is 0 Å². The van der Waals surface area contributed by atoms with E-state index in [2.05, 4.69) is 5.16 Å². The van der Waals surface area contributed by atoms with Gasteiger partial charge in [-0.3, -0.25) is 0 Å². The van der Waals surface area contributed by atoms with Crippen molar-refractivity contribution in [3.8, 4) is 6.07 Å². The first-order chi connectivity index (χ1) is 10.6. The molecule has 1 unspecified atom stereocenters. The zero-order chi connectivity index (χ0) is 16.0. The number of aliphatic carboxylic acids is 1. The van der Waals surface area contributed by atoms with Gasteiger partial charge in [-0.1, -0.05) is 30.6 Å². The minimum Gasteiger partial charge on any atom is -0.478 e. The molecular weight excluding hydrogens is 284 g/mol. The summed E-state index contributed by atoms with van der Waals surface area (Å²) >= 11 is 0. The number of nitrogens with zero attached hydrogens (tertiary/aromatic N) is 2. The Morgan fingerprint density at radius 1 is 1.59 bits per heavy atom. The standard InChI is InChI=1S/C16H18N2O4/c1-2-3-7-21-11-16(15(19)20)9-14(18-22-16)13-6-4-5-12(8-13)10-17/h4-6,8H,2-3,7,9,11H2,1H3,(H,19,20). The third-order valence-corrected chi connectivity index (χ3v) is 3.48. The van der Waals surface area contributed by atoms with Crippen molar-refractivity contribution in [2.45, 2.75) is 31.8 Å². The van der Waals surface area contributed by atoms with Crippen LogP contribution in [0.4, 0.5) is 0 Å². The van der Waals surface area contributed by atoms with E-state index < -0.39 is 11.6 Å². The molecule has 116 valence electrons. The highest BCUT2D eigenvalue weighted by atomic mass is 16.7. The summed E-state index contributed by atoms with van der Waals surface area (Å²) in [4.78, 5) is 16.8. The third kappa shape index (κ3) is 3.43. The summed E-state index contributed by atoms with van der Waals surface area (Å²) < 4.78 is 5.42. The summed E-state index contributed by atoms with van der Waals surface area (Å²) in [5.74, 6) is -1.10. The lowest BCUT2D eigenvalue weighted by Crippen LogP contribution is -2.43. The third-order valence-electron chi connectivity index (χ3n) is 3.48. The van der Waals surface area contributed by atoms with Gasteiger partial charge in [0.1, 0.15) is 6.61 Å². The van der Waals surface area contributed by atoms with Gasteiger partial charge in [-0.2, -0.15) is 5.26 Å².